The van der Waals surface area contributed by atoms with E-state index in [2.05, 4.69) is 5.32 Å². The zero-order chi connectivity index (χ0) is 13.1. The van der Waals surface area contributed by atoms with Gasteiger partial charge in [0, 0.05) is 25.6 Å². The highest BCUT2D eigenvalue weighted by atomic mass is 19.1. The number of nitrogens with one attached hydrogen (secondary N) is 1. The highest BCUT2D eigenvalue weighted by molar-refractivity contribution is 5.78. The predicted molar refractivity (Wildman–Crippen MR) is 68.6 cm³/mol. The van der Waals surface area contributed by atoms with Crippen molar-refractivity contribution in [1.29, 1.82) is 0 Å². The molecule has 1 heterocycles. The van der Waals surface area contributed by atoms with Gasteiger partial charge in [-0.1, -0.05) is 26.0 Å². The van der Waals surface area contributed by atoms with Gasteiger partial charge in [0.25, 0.3) is 0 Å². The van der Waals surface area contributed by atoms with Crippen LogP contribution in [0.1, 0.15) is 25.5 Å². The van der Waals surface area contributed by atoms with Gasteiger partial charge in [-0.05, 0) is 17.7 Å². The fourth-order valence-corrected chi connectivity index (χ4v) is 2.26. The molecular weight excluding hydrogens is 231 g/mol. The van der Waals surface area contributed by atoms with Gasteiger partial charge in [-0.15, -0.1) is 0 Å². The van der Waals surface area contributed by atoms with Crippen LogP contribution in [0, 0.1) is 11.7 Å². The molecule has 0 aromatic heterocycles. The van der Waals surface area contributed by atoms with Crippen molar-refractivity contribution in [2.45, 2.75) is 19.9 Å². The molecule has 1 aromatic carbocycles. The normalized spacial score (nSPS) is 20.2. The van der Waals surface area contributed by atoms with E-state index in [-0.39, 0.29) is 23.7 Å². The fourth-order valence-electron chi connectivity index (χ4n) is 2.26. The number of amides is 1. The lowest BCUT2D eigenvalue weighted by Gasteiger charge is -2.35. The topological polar surface area (TPSA) is 32.3 Å². The lowest BCUT2D eigenvalue weighted by atomic mass is 10.0. The summed E-state index contributed by atoms with van der Waals surface area (Å²) in [6.07, 6.45) is 0. The molecular formula is C14H19FN2O. The van der Waals surface area contributed by atoms with Gasteiger partial charge in [0.15, 0.2) is 0 Å². The number of hydrogen-bond acceptors (Lipinski definition) is 2. The molecule has 1 fully saturated rings. The first-order valence-electron chi connectivity index (χ1n) is 6.35. The molecule has 1 unspecified atom stereocenters. The van der Waals surface area contributed by atoms with Crippen LogP contribution in [0.25, 0.3) is 0 Å². The van der Waals surface area contributed by atoms with Crippen molar-refractivity contribution >= 4 is 5.91 Å². The summed E-state index contributed by atoms with van der Waals surface area (Å²) < 4.78 is 13.2. The average molecular weight is 250 g/mol. The lowest BCUT2D eigenvalue weighted by Crippen LogP contribution is -2.49. The average Bonchev–Trinajstić information content (AvgIpc) is 2.38. The van der Waals surface area contributed by atoms with Crippen LogP contribution >= 0.6 is 0 Å². The number of halogens is 1. The highest BCUT2D eigenvalue weighted by Gasteiger charge is 2.25. The van der Waals surface area contributed by atoms with Crippen molar-refractivity contribution < 1.29 is 9.18 Å². The number of benzene rings is 1. The largest absolute Gasteiger partial charge is 0.339 e. The van der Waals surface area contributed by atoms with Crippen molar-refractivity contribution in [3.8, 4) is 0 Å². The maximum atomic E-state index is 13.2. The molecule has 1 saturated heterocycles. The monoisotopic (exact) mass is 250 g/mol. The van der Waals surface area contributed by atoms with Crippen molar-refractivity contribution in [2.75, 3.05) is 19.6 Å². The van der Waals surface area contributed by atoms with Crippen molar-refractivity contribution in [3.05, 3.63) is 35.6 Å². The van der Waals surface area contributed by atoms with Crippen LogP contribution in [0.3, 0.4) is 0 Å². The fraction of sp³-hybridized carbons (Fsp3) is 0.500. The molecule has 0 radical (unpaired) electrons. The SMILES string of the molecule is CC(C)C(=O)N1CCNC(c2cccc(F)c2)C1. The summed E-state index contributed by atoms with van der Waals surface area (Å²) in [6.45, 7) is 5.89. The standard InChI is InChI=1S/C14H19FN2O/c1-10(2)14(18)17-7-6-16-13(9-17)11-4-3-5-12(15)8-11/h3-5,8,10,13,16H,6-7,9H2,1-2H3. The second kappa shape index (κ2) is 5.48. The van der Waals surface area contributed by atoms with E-state index >= 15 is 0 Å². The van der Waals surface area contributed by atoms with Crippen molar-refractivity contribution in [3.63, 3.8) is 0 Å². The van der Waals surface area contributed by atoms with Gasteiger partial charge in [0.05, 0.1) is 6.04 Å². The maximum absolute atomic E-state index is 13.2. The van der Waals surface area contributed by atoms with Crippen LogP contribution in [-0.2, 0) is 4.79 Å². The van der Waals surface area contributed by atoms with Crippen LogP contribution in [0.2, 0.25) is 0 Å². The second-order valence-corrected chi connectivity index (χ2v) is 5.00. The van der Waals surface area contributed by atoms with E-state index in [4.69, 9.17) is 0 Å². The van der Waals surface area contributed by atoms with Gasteiger partial charge in [-0.2, -0.15) is 0 Å². The van der Waals surface area contributed by atoms with E-state index in [0.29, 0.717) is 6.54 Å². The maximum Gasteiger partial charge on any atom is 0.225 e. The van der Waals surface area contributed by atoms with Gasteiger partial charge in [0.2, 0.25) is 5.91 Å². The van der Waals surface area contributed by atoms with Gasteiger partial charge in [-0.3, -0.25) is 4.79 Å². The molecule has 0 bridgehead atoms. The van der Waals surface area contributed by atoms with Gasteiger partial charge in [-0.25, -0.2) is 4.39 Å². The smallest absolute Gasteiger partial charge is 0.225 e. The minimum absolute atomic E-state index is 0.0104. The third-order valence-corrected chi connectivity index (χ3v) is 3.23. The summed E-state index contributed by atoms with van der Waals surface area (Å²) in [7, 11) is 0. The molecule has 2 rings (SSSR count). The second-order valence-electron chi connectivity index (χ2n) is 5.00. The Hall–Kier alpha value is -1.42. The molecule has 1 aliphatic heterocycles. The number of piperazine rings is 1. The Balaban J connectivity index is 2.09. The van der Waals surface area contributed by atoms with E-state index in [1.165, 1.54) is 12.1 Å². The molecule has 3 nitrogen and oxygen atoms in total. The Morgan fingerprint density at radius 1 is 1.50 bits per heavy atom. The number of hydrogen-bond donors (Lipinski definition) is 1. The summed E-state index contributed by atoms with van der Waals surface area (Å²) in [6, 6.07) is 6.58. The van der Waals surface area contributed by atoms with Gasteiger partial charge >= 0.3 is 0 Å². The number of carbonyl (C=O) groups is 1. The van der Waals surface area contributed by atoms with E-state index < -0.39 is 0 Å². The first kappa shape index (κ1) is 13.0. The van der Waals surface area contributed by atoms with E-state index in [1.807, 2.05) is 24.8 Å². The van der Waals surface area contributed by atoms with Gasteiger partial charge < -0.3 is 10.2 Å². The van der Waals surface area contributed by atoms with E-state index in [9.17, 15) is 9.18 Å². The summed E-state index contributed by atoms with van der Waals surface area (Å²) >= 11 is 0. The van der Waals surface area contributed by atoms with Crippen LogP contribution < -0.4 is 5.32 Å². The minimum atomic E-state index is -0.235. The van der Waals surface area contributed by atoms with Crippen molar-refractivity contribution in [2.24, 2.45) is 5.92 Å². The highest BCUT2D eigenvalue weighted by Crippen LogP contribution is 2.19. The first-order valence-corrected chi connectivity index (χ1v) is 6.35. The Morgan fingerprint density at radius 2 is 2.28 bits per heavy atom. The van der Waals surface area contributed by atoms with Crippen LogP contribution in [0.15, 0.2) is 24.3 Å². The number of carbonyl (C=O) groups excluding carboxylic acids is 1. The molecule has 1 atom stereocenters. The third-order valence-electron chi connectivity index (χ3n) is 3.23. The number of nitrogens with zero attached hydrogens (tertiary/aromatic N) is 1. The Morgan fingerprint density at radius 3 is 2.94 bits per heavy atom. The first-order chi connectivity index (χ1) is 8.58. The molecule has 0 aliphatic carbocycles. The molecule has 18 heavy (non-hydrogen) atoms. The molecule has 1 N–H and O–H groups in total. The Bertz CT molecular complexity index is 434. The molecule has 1 aliphatic rings. The Labute approximate surface area is 107 Å². The summed E-state index contributed by atoms with van der Waals surface area (Å²) in [5.74, 6) is -0.0595. The predicted octanol–water partition coefficient (Wildman–Crippen LogP) is 1.95. The van der Waals surface area contributed by atoms with Crippen LogP contribution in [-0.4, -0.2) is 30.4 Å². The van der Waals surface area contributed by atoms with Gasteiger partial charge in [0.1, 0.15) is 5.82 Å². The molecule has 1 aromatic rings. The van der Waals surface area contributed by atoms with E-state index in [1.54, 1.807) is 6.07 Å². The zero-order valence-electron chi connectivity index (χ0n) is 10.8. The molecule has 0 saturated carbocycles. The quantitative estimate of drug-likeness (QED) is 0.870. The summed E-state index contributed by atoms with van der Waals surface area (Å²) in [5, 5.41) is 3.33. The molecule has 4 heteroatoms. The Kier molecular flexibility index (Phi) is 3.97. The lowest BCUT2D eigenvalue weighted by molar-refractivity contribution is -0.135. The van der Waals surface area contributed by atoms with Crippen LogP contribution in [0.5, 0.6) is 0 Å². The molecule has 0 spiro atoms. The molecule has 98 valence electrons. The zero-order valence-corrected chi connectivity index (χ0v) is 10.8. The van der Waals surface area contributed by atoms with Crippen molar-refractivity contribution in [1.82, 2.24) is 10.2 Å². The summed E-state index contributed by atoms with van der Waals surface area (Å²) in [5.41, 5.74) is 0.899. The number of rotatable bonds is 2. The third kappa shape index (κ3) is 2.88. The molecule has 1 amide bonds. The van der Waals surface area contributed by atoms with E-state index in [0.717, 1.165) is 18.7 Å². The summed E-state index contributed by atoms with van der Waals surface area (Å²) in [4.78, 5) is 13.8. The minimum Gasteiger partial charge on any atom is -0.339 e. The van der Waals surface area contributed by atoms with Crippen LogP contribution in [0.4, 0.5) is 4.39 Å².